The summed E-state index contributed by atoms with van der Waals surface area (Å²) in [6.07, 6.45) is -1.32. The Morgan fingerprint density at radius 1 is 1.29 bits per heavy atom. The van der Waals surface area contributed by atoms with Crippen LogP contribution in [0.5, 0.6) is 5.75 Å². The molecule has 0 atom stereocenters. The average Bonchev–Trinajstić information content (AvgIpc) is 2.16. The van der Waals surface area contributed by atoms with Gasteiger partial charge in [-0.3, -0.25) is 4.98 Å². The minimum atomic E-state index is -2.55. The Bertz CT molecular complexity index is 471. The van der Waals surface area contributed by atoms with Crippen molar-refractivity contribution in [3.05, 3.63) is 36.0 Å². The van der Waals surface area contributed by atoms with Gasteiger partial charge >= 0.3 is 0 Å². The van der Waals surface area contributed by atoms with Crippen molar-refractivity contribution in [2.75, 3.05) is 0 Å². The molecule has 0 aliphatic heterocycles. The first kappa shape index (κ1) is 8.87. The molecule has 0 fully saturated rings. The first-order chi connectivity index (χ1) is 6.68. The fourth-order valence-electron chi connectivity index (χ4n) is 1.35. The molecule has 1 aromatic carbocycles. The Morgan fingerprint density at radius 2 is 2.07 bits per heavy atom. The zero-order valence-corrected chi connectivity index (χ0v) is 7.11. The maximum absolute atomic E-state index is 12.5. The number of alkyl halides is 2. The highest BCUT2D eigenvalue weighted by atomic mass is 19.3. The number of rotatable bonds is 1. The fraction of sp³-hybridized carbons (Fsp3) is 0.100. The third-order valence-electron chi connectivity index (χ3n) is 1.98. The third-order valence-corrected chi connectivity index (χ3v) is 1.98. The van der Waals surface area contributed by atoms with E-state index in [0.717, 1.165) is 0 Å². The first-order valence-electron chi connectivity index (χ1n) is 4.04. The Balaban J connectivity index is 2.77. The predicted molar refractivity (Wildman–Crippen MR) is 48.4 cm³/mol. The van der Waals surface area contributed by atoms with E-state index in [4.69, 9.17) is 5.11 Å². The summed E-state index contributed by atoms with van der Waals surface area (Å²) >= 11 is 0. The molecule has 0 saturated carbocycles. The molecule has 0 amide bonds. The topological polar surface area (TPSA) is 33.1 Å². The molecule has 1 heterocycles. The van der Waals surface area contributed by atoms with Crippen LogP contribution in [-0.4, -0.2) is 10.1 Å². The van der Waals surface area contributed by atoms with Gasteiger partial charge in [-0.1, -0.05) is 12.1 Å². The van der Waals surface area contributed by atoms with Crippen molar-refractivity contribution in [2.45, 2.75) is 6.43 Å². The van der Waals surface area contributed by atoms with Crippen LogP contribution >= 0.6 is 0 Å². The molecule has 2 rings (SSSR count). The molecule has 0 aliphatic carbocycles. The Morgan fingerprint density at radius 3 is 2.79 bits per heavy atom. The van der Waals surface area contributed by atoms with Crippen molar-refractivity contribution in [1.29, 1.82) is 0 Å². The molecule has 0 aliphatic rings. The van der Waals surface area contributed by atoms with Gasteiger partial charge in [0, 0.05) is 10.9 Å². The van der Waals surface area contributed by atoms with Crippen LogP contribution < -0.4 is 0 Å². The lowest BCUT2D eigenvalue weighted by atomic mass is 10.1. The quantitative estimate of drug-likeness (QED) is 0.758. The number of halogens is 2. The van der Waals surface area contributed by atoms with Gasteiger partial charge in [0.15, 0.2) is 0 Å². The van der Waals surface area contributed by atoms with Crippen LogP contribution in [-0.2, 0) is 0 Å². The number of pyridine rings is 1. The van der Waals surface area contributed by atoms with E-state index in [1.54, 1.807) is 6.07 Å². The highest BCUT2D eigenvalue weighted by Gasteiger charge is 2.11. The van der Waals surface area contributed by atoms with E-state index in [9.17, 15) is 8.78 Å². The monoisotopic (exact) mass is 195 g/mol. The Kier molecular flexibility index (Phi) is 2.04. The second-order valence-electron chi connectivity index (χ2n) is 2.91. The number of hydrogen-bond donors (Lipinski definition) is 1. The van der Waals surface area contributed by atoms with Gasteiger partial charge in [0.05, 0.1) is 11.7 Å². The minimum Gasteiger partial charge on any atom is -0.506 e. The van der Waals surface area contributed by atoms with Crippen LogP contribution in [0, 0.1) is 0 Å². The van der Waals surface area contributed by atoms with Crippen molar-refractivity contribution in [3.63, 3.8) is 0 Å². The molecule has 0 unspecified atom stereocenters. The van der Waals surface area contributed by atoms with Gasteiger partial charge in [-0.25, -0.2) is 8.78 Å². The summed E-state index contributed by atoms with van der Waals surface area (Å²) in [6.45, 7) is 0. The number of aromatic hydroxyl groups is 1. The maximum Gasteiger partial charge on any atom is 0.264 e. The molecule has 0 radical (unpaired) electrons. The summed E-state index contributed by atoms with van der Waals surface area (Å²) in [6, 6.07) is 5.77. The second kappa shape index (κ2) is 3.21. The van der Waals surface area contributed by atoms with Crippen LogP contribution in [0.25, 0.3) is 10.9 Å². The van der Waals surface area contributed by atoms with Gasteiger partial charge in [0.2, 0.25) is 0 Å². The molecule has 14 heavy (non-hydrogen) atoms. The number of aromatic nitrogens is 1. The van der Waals surface area contributed by atoms with E-state index in [0.29, 0.717) is 10.9 Å². The van der Waals surface area contributed by atoms with E-state index in [2.05, 4.69) is 4.98 Å². The second-order valence-corrected chi connectivity index (χ2v) is 2.91. The van der Waals surface area contributed by atoms with Crippen LogP contribution in [0.1, 0.15) is 12.0 Å². The van der Waals surface area contributed by atoms with E-state index < -0.39 is 6.43 Å². The van der Waals surface area contributed by atoms with Crippen molar-refractivity contribution in [2.24, 2.45) is 0 Å². The summed E-state index contributed by atoms with van der Waals surface area (Å²) < 4.78 is 25.0. The SMILES string of the molecule is Oc1cnc2cccc(C(F)F)c2c1. The summed E-state index contributed by atoms with van der Waals surface area (Å²) in [7, 11) is 0. The summed E-state index contributed by atoms with van der Waals surface area (Å²) in [4.78, 5) is 3.84. The molecule has 2 aromatic rings. The fourth-order valence-corrected chi connectivity index (χ4v) is 1.35. The zero-order valence-electron chi connectivity index (χ0n) is 7.11. The van der Waals surface area contributed by atoms with Gasteiger partial charge in [0.25, 0.3) is 6.43 Å². The standard InChI is InChI=1S/C10H7F2NO/c11-10(12)7-2-1-3-9-8(7)4-6(14)5-13-9/h1-5,10,14H. The first-order valence-corrected chi connectivity index (χ1v) is 4.04. The molecule has 1 aromatic heterocycles. The van der Waals surface area contributed by atoms with E-state index >= 15 is 0 Å². The van der Waals surface area contributed by atoms with Crippen molar-refractivity contribution < 1.29 is 13.9 Å². The lowest BCUT2D eigenvalue weighted by molar-refractivity contribution is 0.153. The van der Waals surface area contributed by atoms with Gasteiger partial charge in [-0.15, -0.1) is 0 Å². The van der Waals surface area contributed by atoms with Crippen molar-refractivity contribution in [3.8, 4) is 5.75 Å². The third kappa shape index (κ3) is 1.39. The molecule has 1 N–H and O–H groups in total. The number of nitrogens with zero attached hydrogens (tertiary/aromatic N) is 1. The molecule has 72 valence electrons. The van der Waals surface area contributed by atoms with E-state index in [1.165, 1.54) is 24.4 Å². The molecule has 0 saturated heterocycles. The lowest BCUT2D eigenvalue weighted by Crippen LogP contribution is -1.87. The molecule has 0 spiro atoms. The van der Waals surface area contributed by atoms with E-state index in [-0.39, 0.29) is 11.3 Å². The number of hydrogen-bond acceptors (Lipinski definition) is 2. The minimum absolute atomic E-state index is 0.106. The average molecular weight is 195 g/mol. The van der Waals surface area contributed by atoms with Crippen LogP contribution in [0.4, 0.5) is 8.78 Å². The summed E-state index contributed by atoms with van der Waals surface area (Å²) in [5, 5.41) is 9.42. The molecule has 0 bridgehead atoms. The molecule has 4 heteroatoms. The number of fused-ring (bicyclic) bond motifs is 1. The van der Waals surface area contributed by atoms with Crippen molar-refractivity contribution in [1.82, 2.24) is 4.98 Å². The van der Waals surface area contributed by atoms with Gasteiger partial charge in [-0.05, 0) is 12.1 Å². The largest absolute Gasteiger partial charge is 0.506 e. The molecule has 2 nitrogen and oxygen atoms in total. The van der Waals surface area contributed by atoms with Gasteiger partial charge < -0.3 is 5.11 Å². The lowest BCUT2D eigenvalue weighted by Gasteiger charge is -2.04. The maximum atomic E-state index is 12.5. The highest BCUT2D eigenvalue weighted by molar-refractivity contribution is 5.83. The smallest absolute Gasteiger partial charge is 0.264 e. The van der Waals surface area contributed by atoms with Gasteiger partial charge in [0.1, 0.15) is 5.75 Å². The molecular formula is C10H7F2NO. The molecular weight excluding hydrogens is 188 g/mol. The van der Waals surface area contributed by atoms with Gasteiger partial charge in [-0.2, -0.15) is 0 Å². The Labute approximate surface area is 78.8 Å². The zero-order chi connectivity index (χ0) is 10.1. The highest BCUT2D eigenvalue weighted by Crippen LogP contribution is 2.28. The van der Waals surface area contributed by atoms with Crippen LogP contribution in [0.3, 0.4) is 0 Å². The Hall–Kier alpha value is -1.71. The normalized spacial score (nSPS) is 11.1. The van der Waals surface area contributed by atoms with E-state index in [1.807, 2.05) is 0 Å². The van der Waals surface area contributed by atoms with Crippen LogP contribution in [0.2, 0.25) is 0 Å². The predicted octanol–water partition coefficient (Wildman–Crippen LogP) is 2.88. The van der Waals surface area contributed by atoms with Crippen LogP contribution in [0.15, 0.2) is 30.5 Å². The number of benzene rings is 1. The summed E-state index contributed by atoms with van der Waals surface area (Å²) in [5.74, 6) is -0.106. The summed E-state index contributed by atoms with van der Waals surface area (Å²) in [5.41, 5.74) is 0.353. The van der Waals surface area contributed by atoms with Crippen molar-refractivity contribution >= 4 is 10.9 Å².